The third-order valence-corrected chi connectivity index (χ3v) is 5.92. The van der Waals surface area contributed by atoms with Crippen LogP contribution in [0, 0.1) is 5.92 Å². The summed E-state index contributed by atoms with van der Waals surface area (Å²) in [4.78, 5) is 19.1. The molecule has 1 saturated heterocycles. The van der Waals surface area contributed by atoms with Crippen molar-refractivity contribution in [2.24, 2.45) is 5.92 Å². The molecule has 2 aliphatic rings. The topological polar surface area (TPSA) is 53.4 Å². The van der Waals surface area contributed by atoms with Crippen LogP contribution in [0.3, 0.4) is 0 Å². The predicted molar refractivity (Wildman–Crippen MR) is 96.0 cm³/mol. The van der Waals surface area contributed by atoms with Gasteiger partial charge in [0.15, 0.2) is 0 Å². The first kappa shape index (κ1) is 16.3. The quantitative estimate of drug-likeness (QED) is 0.915. The second-order valence-corrected chi connectivity index (χ2v) is 7.24. The zero-order valence-electron chi connectivity index (χ0n) is 14.3. The van der Waals surface area contributed by atoms with Crippen molar-refractivity contribution in [1.29, 1.82) is 0 Å². The van der Waals surface area contributed by atoms with Gasteiger partial charge < -0.3 is 10.0 Å². The van der Waals surface area contributed by atoms with Crippen LogP contribution in [0.5, 0.6) is 0 Å². The van der Waals surface area contributed by atoms with E-state index in [0.29, 0.717) is 18.5 Å². The molecular formula is C21H24N2O2. The van der Waals surface area contributed by atoms with Crippen molar-refractivity contribution in [2.75, 3.05) is 6.54 Å². The minimum atomic E-state index is -0.835. The summed E-state index contributed by atoms with van der Waals surface area (Å²) in [5.74, 6) is 0.137. The Labute approximate surface area is 148 Å². The second-order valence-electron chi connectivity index (χ2n) is 7.24. The third-order valence-electron chi connectivity index (χ3n) is 5.92. The van der Waals surface area contributed by atoms with E-state index >= 15 is 0 Å². The minimum Gasteiger partial charge on any atom is -0.385 e. The number of carbonyl (C=O) groups excluding carboxylic acids is 1. The first-order chi connectivity index (χ1) is 12.2. The summed E-state index contributed by atoms with van der Waals surface area (Å²) in [7, 11) is 0. The van der Waals surface area contributed by atoms with Crippen LogP contribution < -0.4 is 0 Å². The Hall–Kier alpha value is -2.20. The number of carbonyl (C=O) groups is 1. The maximum Gasteiger partial charge on any atom is 0.255 e. The predicted octanol–water partition coefficient (Wildman–Crippen LogP) is 3.37. The number of hydrogen-bond acceptors (Lipinski definition) is 3. The van der Waals surface area contributed by atoms with Gasteiger partial charge in [-0.05, 0) is 37.0 Å². The lowest BCUT2D eigenvalue weighted by molar-refractivity contribution is -0.110. The minimum absolute atomic E-state index is 0.0418. The Bertz CT molecular complexity index is 734. The molecule has 3 unspecified atom stereocenters. The van der Waals surface area contributed by atoms with E-state index in [2.05, 4.69) is 4.98 Å². The van der Waals surface area contributed by atoms with E-state index in [9.17, 15) is 9.90 Å². The van der Waals surface area contributed by atoms with Crippen LogP contribution in [0.15, 0.2) is 54.9 Å². The molecule has 4 heteroatoms. The van der Waals surface area contributed by atoms with E-state index in [4.69, 9.17) is 0 Å². The van der Waals surface area contributed by atoms with Gasteiger partial charge in [-0.25, -0.2) is 0 Å². The van der Waals surface area contributed by atoms with Crippen molar-refractivity contribution >= 4 is 5.91 Å². The molecule has 1 amide bonds. The molecule has 2 fully saturated rings. The molecule has 1 saturated carbocycles. The molecule has 1 N–H and O–H groups in total. The fourth-order valence-corrected chi connectivity index (χ4v) is 4.68. The molecule has 0 bridgehead atoms. The fraction of sp³-hybridized carbons (Fsp3) is 0.429. The summed E-state index contributed by atoms with van der Waals surface area (Å²) < 4.78 is 0. The SMILES string of the molecule is O=C(c1cccnc1)N1CCC(O)(c2ccccc2)C2CCCCC21. The van der Waals surface area contributed by atoms with Crippen molar-refractivity contribution in [3.8, 4) is 0 Å². The molecule has 25 heavy (non-hydrogen) atoms. The number of aliphatic hydroxyl groups is 1. The Morgan fingerprint density at radius 1 is 1.12 bits per heavy atom. The van der Waals surface area contributed by atoms with E-state index in [1.165, 1.54) is 0 Å². The average molecular weight is 336 g/mol. The molecule has 2 heterocycles. The number of pyridine rings is 1. The average Bonchev–Trinajstić information content (AvgIpc) is 2.69. The highest BCUT2D eigenvalue weighted by Gasteiger charge is 2.50. The third kappa shape index (κ3) is 2.85. The summed E-state index contributed by atoms with van der Waals surface area (Å²) in [5, 5.41) is 11.6. The Kier molecular flexibility index (Phi) is 4.30. The van der Waals surface area contributed by atoms with Crippen molar-refractivity contribution < 1.29 is 9.90 Å². The fourth-order valence-electron chi connectivity index (χ4n) is 4.68. The van der Waals surface area contributed by atoms with Crippen LogP contribution in [0.2, 0.25) is 0 Å². The largest absolute Gasteiger partial charge is 0.385 e. The van der Waals surface area contributed by atoms with Gasteiger partial charge in [0.25, 0.3) is 5.91 Å². The van der Waals surface area contributed by atoms with Gasteiger partial charge in [0.1, 0.15) is 0 Å². The summed E-state index contributed by atoms with van der Waals surface area (Å²) >= 11 is 0. The lowest BCUT2D eigenvalue weighted by Gasteiger charge is -2.52. The monoisotopic (exact) mass is 336 g/mol. The number of aromatic nitrogens is 1. The summed E-state index contributed by atoms with van der Waals surface area (Å²) in [6.45, 7) is 0.584. The van der Waals surface area contributed by atoms with Crippen LogP contribution in [-0.2, 0) is 5.60 Å². The molecule has 3 atom stereocenters. The summed E-state index contributed by atoms with van der Waals surface area (Å²) in [6.07, 6.45) is 8.07. The van der Waals surface area contributed by atoms with E-state index in [0.717, 1.165) is 31.2 Å². The van der Waals surface area contributed by atoms with Gasteiger partial charge in [-0.15, -0.1) is 0 Å². The molecule has 130 valence electrons. The zero-order chi connectivity index (χ0) is 17.3. The van der Waals surface area contributed by atoms with Crippen molar-refractivity contribution in [3.05, 3.63) is 66.0 Å². The molecule has 4 nitrogen and oxygen atoms in total. The normalized spacial score (nSPS) is 29.1. The Balaban J connectivity index is 1.66. The number of piperidine rings is 1. The van der Waals surface area contributed by atoms with Crippen molar-refractivity contribution in [3.63, 3.8) is 0 Å². The van der Waals surface area contributed by atoms with E-state index in [1.54, 1.807) is 18.5 Å². The number of rotatable bonds is 2. The number of likely N-dealkylation sites (tertiary alicyclic amines) is 1. The molecule has 1 aromatic carbocycles. The molecule has 0 spiro atoms. The molecule has 0 radical (unpaired) electrons. The molecule has 2 aromatic rings. The van der Waals surface area contributed by atoms with Gasteiger partial charge in [-0.1, -0.05) is 43.2 Å². The zero-order valence-corrected chi connectivity index (χ0v) is 14.3. The molecule has 1 aromatic heterocycles. The van der Waals surface area contributed by atoms with Crippen molar-refractivity contribution in [1.82, 2.24) is 9.88 Å². The Morgan fingerprint density at radius 2 is 1.92 bits per heavy atom. The van der Waals surface area contributed by atoms with Crippen LogP contribution in [0.1, 0.15) is 48.0 Å². The van der Waals surface area contributed by atoms with Gasteiger partial charge in [0, 0.05) is 30.9 Å². The number of hydrogen-bond donors (Lipinski definition) is 1. The first-order valence-electron chi connectivity index (χ1n) is 9.19. The maximum atomic E-state index is 13.0. The van der Waals surface area contributed by atoms with E-state index in [1.807, 2.05) is 41.3 Å². The number of amides is 1. The molecule has 4 rings (SSSR count). The Morgan fingerprint density at radius 3 is 2.68 bits per heavy atom. The molecule has 1 aliphatic carbocycles. The lowest BCUT2D eigenvalue weighted by atomic mass is 9.66. The second kappa shape index (κ2) is 6.60. The molecule has 1 aliphatic heterocycles. The van der Waals surface area contributed by atoms with Crippen LogP contribution in [-0.4, -0.2) is 33.5 Å². The highest BCUT2D eigenvalue weighted by Crippen LogP contribution is 2.47. The number of nitrogens with zero attached hydrogens (tertiary/aromatic N) is 2. The highest BCUT2D eigenvalue weighted by atomic mass is 16.3. The van der Waals surface area contributed by atoms with E-state index < -0.39 is 5.60 Å². The van der Waals surface area contributed by atoms with Gasteiger partial charge in [0.2, 0.25) is 0 Å². The standard InChI is InChI=1S/C21H24N2O2/c24-20(16-7-6-13-22-15-16)23-14-12-21(25,17-8-2-1-3-9-17)18-10-4-5-11-19(18)23/h1-3,6-9,13,15,18-19,25H,4-5,10-12,14H2. The maximum absolute atomic E-state index is 13.0. The number of fused-ring (bicyclic) bond motifs is 1. The van der Waals surface area contributed by atoms with E-state index in [-0.39, 0.29) is 17.9 Å². The van der Waals surface area contributed by atoms with Crippen LogP contribution in [0.25, 0.3) is 0 Å². The van der Waals surface area contributed by atoms with Crippen molar-refractivity contribution in [2.45, 2.75) is 43.7 Å². The summed E-state index contributed by atoms with van der Waals surface area (Å²) in [5.41, 5.74) is 0.787. The smallest absolute Gasteiger partial charge is 0.255 e. The number of benzene rings is 1. The first-order valence-corrected chi connectivity index (χ1v) is 9.19. The van der Waals surface area contributed by atoms with Crippen LogP contribution >= 0.6 is 0 Å². The molecular weight excluding hydrogens is 312 g/mol. The van der Waals surface area contributed by atoms with Gasteiger partial charge >= 0.3 is 0 Å². The van der Waals surface area contributed by atoms with Gasteiger partial charge in [-0.3, -0.25) is 9.78 Å². The lowest BCUT2D eigenvalue weighted by Crippen LogP contribution is -2.59. The van der Waals surface area contributed by atoms with Gasteiger partial charge in [0.05, 0.1) is 11.2 Å². The van der Waals surface area contributed by atoms with Crippen LogP contribution in [0.4, 0.5) is 0 Å². The summed E-state index contributed by atoms with van der Waals surface area (Å²) in [6, 6.07) is 13.7. The van der Waals surface area contributed by atoms with Gasteiger partial charge in [-0.2, -0.15) is 0 Å². The highest BCUT2D eigenvalue weighted by molar-refractivity contribution is 5.94.